The number of aliphatic hydroxyl groups excluding tert-OH is 1. The van der Waals surface area contributed by atoms with Crippen LogP contribution >= 0.6 is 0 Å². The number of carbonyl (C=O) groups is 1. The molecule has 0 aromatic heterocycles. The lowest BCUT2D eigenvalue weighted by atomic mass is 9.98. The first-order chi connectivity index (χ1) is 10.1. The first-order valence-electron chi connectivity index (χ1n) is 7.74. The van der Waals surface area contributed by atoms with Gasteiger partial charge in [-0.05, 0) is 57.4 Å². The number of aliphatic hydroxyl groups is 1. The maximum Gasteiger partial charge on any atom is 0.159 e. The molecule has 21 heavy (non-hydrogen) atoms. The van der Waals surface area contributed by atoms with Gasteiger partial charge in [-0.1, -0.05) is 0 Å². The van der Waals surface area contributed by atoms with E-state index in [9.17, 15) is 9.90 Å². The van der Waals surface area contributed by atoms with E-state index in [0.29, 0.717) is 12.5 Å². The van der Waals surface area contributed by atoms with Crippen LogP contribution in [0.5, 0.6) is 5.75 Å². The van der Waals surface area contributed by atoms with Crippen molar-refractivity contribution in [3.8, 4) is 5.75 Å². The lowest BCUT2D eigenvalue weighted by Crippen LogP contribution is -2.36. The van der Waals surface area contributed by atoms with Crippen LogP contribution in [0.1, 0.15) is 42.6 Å². The summed E-state index contributed by atoms with van der Waals surface area (Å²) in [6, 6.07) is 5.66. The Morgan fingerprint density at radius 3 is 2.95 bits per heavy atom. The van der Waals surface area contributed by atoms with Crippen LogP contribution in [-0.4, -0.2) is 42.1 Å². The minimum Gasteiger partial charge on any atom is -0.494 e. The van der Waals surface area contributed by atoms with Gasteiger partial charge in [0.2, 0.25) is 0 Å². The van der Waals surface area contributed by atoms with Gasteiger partial charge < -0.3 is 9.84 Å². The van der Waals surface area contributed by atoms with E-state index in [2.05, 4.69) is 4.90 Å². The second-order valence-corrected chi connectivity index (χ2v) is 5.74. The average Bonchev–Trinajstić information content (AvgIpc) is 2.49. The Labute approximate surface area is 126 Å². The number of ketones is 1. The van der Waals surface area contributed by atoms with Crippen molar-refractivity contribution in [3.05, 3.63) is 29.3 Å². The minimum absolute atomic E-state index is 0.0752. The molecule has 0 saturated carbocycles. The molecule has 4 nitrogen and oxygen atoms in total. The van der Waals surface area contributed by atoms with Gasteiger partial charge in [0, 0.05) is 30.8 Å². The maximum absolute atomic E-state index is 11.6. The molecule has 0 aliphatic carbocycles. The third-order valence-electron chi connectivity index (χ3n) is 4.02. The highest BCUT2D eigenvalue weighted by Crippen LogP contribution is 2.25. The predicted octanol–water partition coefficient (Wildman–Crippen LogP) is 2.49. The largest absolute Gasteiger partial charge is 0.494 e. The Morgan fingerprint density at radius 1 is 1.48 bits per heavy atom. The van der Waals surface area contributed by atoms with E-state index in [0.717, 1.165) is 49.4 Å². The first kappa shape index (κ1) is 16.0. The Morgan fingerprint density at radius 2 is 2.29 bits per heavy atom. The van der Waals surface area contributed by atoms with Gasteiger partial charge in [0.15, 0.2) is 5.78 Å². The summed E-state index contributed by atoms with van der Waals surface area (Å²) in [7, 11) is 0. The molecule has 1 aliphatic heterocycles. The van der Waals surface area contributed by atoms with Gasteiger partial charge in [-0.25, -0.2) is 0 Å². The summed E-state index contributed by atoms with van der Waals surface area (Å²) in [5.41, 5.74) is 1.78. The number of Topliss-reactive ketones (excluding diaryl/α,β-unsaturated/α-hetero) is 1. The quantitative estimate of drug-likeness (QED) is 0.818. The van der Waals surface area contributed by atoms with Gasteiger partial charge in [-0.2, -0.15) is 0 Å². The molecule has 2 rings (SSSR count). The fourth-order valence-electron chi connectivity index (χ4n) is 2.90. The molecule has 0 bridgehead atoms. The van der Waals surface area contributed by atoms with Crippen LogP contribution in [0.15, 0.2) is 18.2 Å². The molecule has 1 aromatic carbocycles. The van der Waals surface area contributed by atoms with Crippen molar-refractivity contribution in [2.75, 3.05) is 26.3 Å². The van der Waals surface area contributed by atoms with E-state index in [-0.39, 0.29) is 12.4 Å². The maximum atomic E-state index is 11.6. The fraction of sp³-hybridized carbons (Fsp3) is 0.588. The second kappa shape index (κ2) is 7.57. The number of piperidine rings is 1. The highest BCUT2D eigenvalue weighted by molar-refractivity contribution is 5.94. The van der Waals surface area contributed by atoms with Crippen LogP contribution in [0.2, 0.25) is 0 Å². The van der Waals surface area contributed by atoms with Crippen molar-refractivity contribution < 1.29 is 14.6 Å². The number of nitrogens with zero attached hydrogens (tertiary/aromatic N) is 1. The molecule has 116 valence electrons. The number of benzene rings is 1. The summed E-state index contributed by atoms with van der Waals surface area (Å²) in [4.78, 5) is 13.9. The van der Waals surface area contributed by atoms with Gasteiger partial charge in [0.05, 0.1) is 6.61 Å². The molecule has 1 atom stereocenters. The van der Waals surface area contributed by atoms with E-state index in [1.165, 1.54) is 0 Å². The third-order valence-corrected chi connectivity index (χ3v) is 4.02. The number of hydrogen-bond donors (Lipinski definition) is 1. The summed E-state index contributed by atoms with van der Waals surface area (Å²) in [5, 5.41) is 9.33. The van der Waals surface area contributed by atoms with E-state index in [1.807, 2.05) is 25.1 Å². The summed E-state index contributed by atoms with van der Waals surface area (Å²) in [5.74, 6) is 1.30. The van der Waals surface area contributed by atoms with Gasteiger partial charge >= 0.3 is 0 Å². The molecule has 1 fully saturated rings. The third kappa shape index (κ3) is 4.29. The van der Waals surface area contributed by atoms with Crippen LogP contribution in [0.25, 0.3) is 0 Å². The molecule has 1 aromatic rings. The van der Waals surface area contributed by atoms with Gasteiger partial charge in [-0.15, -0.1) is 0 Å². The molecule has 0 spiro atoms. The topological polar surface area (TPSA) is 49.8 Å². The number of rotatable bonds is 6. The normalized spacial score (nSPS) is 19.5. The van der Waals surface area contributed by atoms with Crippen molar-refractivity contribution in [2.24, 2.45) is 5.92 Å². The van der Waals surface area contributed by atoms with E-state index in [4.69, 9.17) is 4.74 Å². The van der Waals surface area contributed by atoms with E-state index in [1.54, 1.807) is 6.92 Å². The van der Waals surface area contributed by atoms with Crippen LogP contribution in [0, 0.1) is 5.92 Å². The highest BCUT2D eigenvalue weighted by atomic mass is 16.5. The molecule has 0 radical (unpaired) electrons. The Kier molecular flexibility index (Phi) is 5.76. The molecule has 1 saturated heterocycles. The first-order valence-corrected chi connectivity index (χ1v) is 7.74. The van der Waals surface area contributed by atoms with Crippen LogP contribution < -0.4 is 4.74 Å². The Balaban J connectivity index is 2.15. The van der Waals surface area contributed by atoms with Gasteiger partial charge in [-0.3, -0.25) is 9.69 Å². The zero-order valence-electron chi connectivity index (χ0n) is 13.0. The van der Waals surface area contributed by atoms with E-state index < -0.39 is 0 Å². The monoisotopic (exact) mass is 291 g/mol. The molecule has 1 heterocycles. The molecule has 1 aliphatic rings. The Bertz CT molecular complexity index is 487. The van der Waals surface area contributed by atoms with Crippen molar-refractivity contribution in [1.29, 1.82) is 0 Å². The number of likely N-dealkylation sites (tertiary alicyclic amines) is 1. The van der Waals surface area contributed by atoms with Crippen molar-refractivity contribution in [2.45, 2.75) is 33.2 Å². The minimum atomic E-state index is 0.0752. The predicted molar refractivity (Wildman–Crippen MR) is 82.7 cm³/mol. The second-order valence-electron chi connectivity index (χ2n) is 5.74. The van der Waals surface area contributed by atoms with Crippen molar-refractivity contribution >= 4 is 5.78 Å². The van der Waals surface area contributed by atoms with Crippen molar-refractivity contribution in [3.63, 3.8) is 0 Å². The van der Waals surface area contributed by atoms with Crippen LogP contribution in [0.3, 0.4) is 0 Å². The summed E-state index contributed by atoms with van der Waals surface area (Å²) >= 11 is 0. The molecular weight excluding hydrogens is 266 g/mol. The lowest BCUT2D eigenvalue weighted by Gasteiger charge is -2.32. The van der Waals surface area contributed by atoms with Gasteiger partial charge in [0.1, 0.15) is 5.75 Å². The molecule has 4 heteroatoms. The smallest absolute Gasteiger partial charge is 0.159 e. The fourth-order valence-corrected chi connectivity index (χ4v) is 2.90. The standard InChI is InChI=1S/C17H25NO3/c1-3-21-17-7-6-15(13(2)20)9-16(17)11-18-8-4-5-14(10-18)12-19/h6-7,9,14,19H,3-5,8,10-12H2,1-2H3. The van der Waals surface area contributed by atoms with Crippen LogP contribution in [0.4, 0.5) is 0 Å². The zero-order chi connectivity index (χ0) is 15.2. The molecule has 0 amide bonds. The molecule has 1 unspecified atom stereocenters. The lowest BCUT2D eigenvalue weighted by molar-refractivity contribution is 0.101. The number of ether oxygens (including phenoxy) is 1. The highest BCUT2D eigenvalue weighted by Gasteiger charge is 2.20. The zero-order valence-corrected chi connectivity index (χ0v) is 13.0. The summed E-state index contributed by atoms with van der Waals surface area (Å²) < 4.78 is 5.68. The average molecular weight is 291 g/mol. The molecular formula is C17H25NO3. The van der Waals surface area contributed by atoms with Crippen molar-refractivity contribution in [1.82, 2.24) is 4.90 Å². The van der Waals surface area contributed by atoms with Gasteiger partial charge in [0.25, 0.3) is 0 Å². The summed E-state index contributed by atoms with van der Waals surface area (Å²) in [6.07, 6.45) is 2.21. The van der Waals surface area contributed by atoms with Crippen LogP contribution in [-0.2, 0) is 6.54 Å². The molecule has 1 N–H and O–H groups in total. The number of hydrogen-bond acceptors (Lipinski definition) is 4. The van der Waals surface area contributed by atoms with E-state index >= 15 is 0 Å². The number of carbonyl (C=O) groups excluding carboxylic acids is 1. The SMILES string of the molecule is CCOc1ccc(C(C)=O)cc1CN1CCCC(CO)C1. The summed E-state index contributed by atoms with van der Waals surface area (Å²) in [6.45, 7) is 7.13. The Hall–Kier alpha value is -1.39.